The number of guanidine groups is 1. The van der Waals surface area contributed by atoms with Gasteiger partial charge in [0.2, 0.25) is 5.91 Å². The third-order valence-electron chi connectivity index (χ3n) is 4.64. The highest BCUT2D eigenvalue weighted by molar-refractivity contribution is 5.85. The van der Waals surface area contributed by atoms with Crippen LogP contribution >= 0.6 is 0 Å². The van der Waals surface area contributed by atoms with Gasteiger partial charge in [0, 0.05) is 27.7 Å². The monoisotopic (exact) mass is 346 g/mol. The Morgan fingerprint density at radius 1 is 1.20 bits per heavy atom. The molecule has 0 heterocycles. The number of carbonyl (C=O) groups is 1. The van der Waals surface area contributed by atoms with E-state index in [-0.39, 0.29) is 11.3 Å². The summed E-state index contributed by atoms with van der Waals surface area (Å²) in [6.07, 6.45) is 4.09. The standard InChI is InChI=1S/C19H30N4O2/c1-20-18(21-13-14-25-16-9-5-4-6-10-16)22-15-19(11-7-8-12-19)17(24)23(2)3/h4-6,9-10H,7-8,11-15H2,1-3H3,(H2,20,21,22). The smallest absolute Gasteiger partial charge is 0.230 e. The molecule has 1 aromatic carbocycles. The predicted octanol–water partition coefficient (Wildman–Crippen LogP) is 1.88. The molecule has 1 aromatic rings. The van der Waals surface area contributed by atoms with Crippen molar-refractivity contribution in [3.05, 3.63) is 30.3 Å². The van der Waals surface area contributed by atoms with E-state index >= 15 is 0 Å². The first-order valence-electron chi connectivity index (χ1n) is 8.91. The van der Waals surface area contributed by atoms with E-state index in [1.807, 2.05) is 44.4 Å². The number of rotatable bonds is 7. The first kappa shape index (κ1) is 19.1. The van der Waals surface area contributed by atoms with Gasteiger partial charge in [0.05, 0.1) is 12.0 Å². The molecule has 138 valence electrons. The highest BCUT2D eigenvalue weighted by atomic mass is 16.5. The molecule has 25 heavy (non-hydrogen) atoms. The fourth-order valence-electron chi connectivity index (χ4n) is 3.32. The molecule has 1 aliphatic rings. The fourth-order valence-corrected chi connectivity index (χ4v) is 3.32. The van der Waals surface area contributed by atoms with Crippen molar-refractivity contribution in [2.45, 2.75) is 25.7 Å². The third-order valence-corrected chi connectivity index (χ3v) is 4.64. The van der Waals surface area contributed by atoms with Crippen LogP contribution in [0.4, 0.5) is 0 Å². The van der Waals surface area contributed by atoms with Crippen molar-refractivity contribution < 1.29 is 9.53 Å². The lowest BCUT2D eigenvalue weighted by molar-refractivity contribution is -0.138. The van der Waals surface area contributed by atoms with Crippen LogP contribution in [0.5, 0.6) is 5.75 Å². The quantitative estimate of drug-likeness (QED) is 0.449. The summed E-state index contributed by atoms with van der Waals surface area (Å²) >= 11 is 0. The zero-order chi connectivity index (χ0) is 18.1. The van der Waals surface area contributed by atoms with Gasteiger partial charge >= 0.3 is 0 Å². The van der Waals surface area contributed by atoms with Gasteiger partial charge in [-0.15, -0.1) is 0 Å². The fraction of sp³-hybridized carbons (Fsp3) is 0.579. The molecular formula is C19H30N4O2. The van der Waals surface area contributed by atoms with Crippen LogP contribution in [0.1, 0.15) is 25.7 Å². The maximum absolute atomic E-state index is 12.6. The van der Waals surface area contributed by atoms with E-state index in [1.54, 1.807) is 11.9 Å². The second kappa shape index (κ2) is 9.30. The molecule has 0 saturated heterocycles. The van der Waals surface area contributed by atoms with Crippen molar-refractivity contribution in [3.8, 4) is 5.75 Å². The molecule has 0 aliphatic heterocycles. The zero-order valence-corrected chi connectivity index (χ0v) is 15.5. The van der Waals surface area contributed by atoms with Gasteiger partial charge in [-0.1, -0.05) is 31.0 Å². The normalized spacial score (nSPS) is 16.4. The Morgan fingerprint density at radius 3 is 2.48 bits per heavy atom. The molecular weight excluding hydrogens is 316 g/mol. The van der Waals surface area contributed by atoms with E-state index in [9.17, 15) is 4.79 Å². The largest absolute Gasteiger partial charge is 0.492 e. The lowest BCUT2D eigenvalue weighted by Crippen LogP contribution is -2.49. The van der Waals surface area contributed by atoms with Gasteiger partial charge in [0.1, 0.15) is 12.4 Å². The number of hydrogen-bond acceptors (Lipinski definition) is 3. The Bertz CT molecular complexity index is 566. The van der Waals surface area contributed by atoms with Crippen LogP contribution in [0.25, 0.3) is 0 Å². The summed E-state index contributed by atoms with van der Waals surface area (Å²) < 4.78 is 5.66. The molecule has 0 radical (unpaired) electrons. The summed E-state index contributed by atoms with van der Waals surface area (Å²) in [7, 11) is 5.40. The predicted molar refractivity (Wildman–Crippen MR) is 101 cm³/mol. The number of para-hydroxylation sites is 1. The molecule has 2 N–H and O–H groups in total. The number of amides is 1. The van der Waals surface area contributed by atoms with E-state index in [0.717, 1.165) is 31.4 Å². The van der Waals surface area contributed by atoms with Crippen molar-refractivity contribution in [3.63, 3.8) is 0 Å². The maximum atomic E-state index is 12.6. The number of aliphatic imine (C=N–C) groups is 1. The number of carbonyl (C=O) groups excluding carboxylic acids is 1. The Balaban J connectivity index is 1.78. The highest BCUT2D eigenvalue weighted by Gasteiger charge is 2.42. The van der Waals surface area contributed by atoms with Gasteiger partial charge in [0.15, 0.2) is 5.96 Å². The molecule has 1 fully saturated rings. The summed E-state index contributed by atoms with van der Waals surface area (Å²) in [5.41, 5.74) is -0.304. The van der Waals surface area contributed by atoms with Gasteiger partial charge in [-0.3, -0.25) is 9.79 Å². The second-order valence-corrected chi connectivity index (χ2v) is 6.70. The van der Waals surface area contributed by atoms with E-state index < -0.39 is 0 Å². The molecule has 1 amide bonds. The Kier molecular flexibility index (Phi) is 7.10. The van der Waals surface area contributed by atoms with Crippen LogP contribution in [0.3, 0.4) is 0 Å². The lowest BCUT2D eigenvalue weighted by atomic mass is 9.84. The van der Waals surface area contributed by atoms with Crippen LogP contribution < -0.4 is 15.4 Å². The van der Waals surface area contributed by atoms with Gasteiger partial charge < -0.3 is 20.3 Å². The van der Waals surface area contributed by atoms with Crippen LogP contribution in [0.15, 0.2) is 35.3 Å². The van der Waals surface area contributed by atoms with Crippen LogP contribution in [0, 0.1) is 5.41 Å². The summed E-state index contributed by atoms with van der Waals surface area (Å²) in [5, 5.41) is 6.56. The van der Waals surface area contributed by atoms with Gasteiger partial charge in [-0.25, -0.2) is 0 Å². The summed E-state index contributed by atoms with van der Waals surface area (Å²) in [6, 6.07) is 9.73. The van der Waals surface area contributed by atoms with E-state index in [1.165, 1.54) is 0 Å². The molecule has 1 aliphatic carbocycles. The van der Waals surface area contributed by atoms with Gasteiger partial charge in [-0.05, 0) is 25.0 Å². The zero-order valence-electron chi connectivity index (χ0n) is 15.5. The van der Waals surface area contributed by atoms with E-state index in [4.69, 9.17) is 4.74 Å². The van der Waals surface area contributed by atoms with Crippen molar-refractivity contribution in [2.24, 2.45) is 10.4 Å². The minimum Gasteiger partial charge on any atom is -0.492 e. The SMILES string of the molecule is CN=C(NCCOc1ccccc1)NCC1(C(=O)N(C)C)CCCC1. The Morgan fingerprint density at radius 2 is 1.88 bits per heavy atom. The van der Waals surface area contributed by atoms with E-state index in [0.29, 0.717) is 25.7 Å². The summed E-state index contributed by atoms with van der Waals surface area (Å²) in [6.45, 7) is 1.80. The molecule has 0 bridgehead atoms. The highest BCUT2D eigenvalue weighted by Crippen LogP contribution is 2.38. The first-order valence-corrected chi connectivity index (χ1v) is 8.91. The van der Waals surface area contributed by atoms with Crippen molar-refractivity contribution in [1.82, 2.24) is 15.5 Å². The molecule has 2 rings (SSSR count). The van der Waals surface area contributed by atoms with Crippen molar-refractivity contribution in [2.75, 3.05) is 40.8 Å². The Labute approximate surface area is 150 Å². The molecule has 6 nitrogen and oxygen atoms in total. The molecule has 0 unspecified atom stereocenters. The van der Waals surface area contributed by atoms with Crippen LogP contribution in [-0.4, -0.2) is 57.6 Å². The number of ether oxygens (including phenoxy) is 1. The average molecular weight is 346 g/mol. The third kappa shape index (κ3) is 5.37. The average Bonchev–Trinajstić information content (AvgIpc) is 3.11. The topological polar surface area (TPSA) is 66.0 Å². The minimum absolute atomic E-state index is 0.209. The van der Waals surface area contributed by atoms with Crippen molar-refractivity contribution >= 4 is 11.9 Å². The van der Waals surface area contributed by atoms with Gasteiger partial charge in [-0.2, -0.15) is 0 Å². The number of nitrogens with one attached hydrogen (secondary N) is 2. The summed E-state index contributed by atoms with van der Waals surface area (Å²) in [4.78, 5) is 18.5. The van der Waals surface area contributed by atoms with Crippen LogP contribution in [0.2, 0.25) is 0 Å². The van der Waals surface area contributed by atoms with Crippen molar-refractivity contribution in [1.29, 1.82) is 0 Å². The van der Waals surface area contributed by atoms with Gasteiger partial charge in [0.25, 0.3) is 0 Å². The Hall–Kier alpha value is -2.24. The molecule has 1 saturated carbocycles. The molecule has 0 atom stereocenters. The first-order chi connectivity index (χ1) is 12.1. The van der Waals surface area contributed by atoms with Crippen LogP contribution in [-0.2, 0) is 4.79 Å². The number of benzene rings is 1. The lowest BCUT2D eigenvalue weighted by Gasteiger charge is -2.31. The molecule has 0 spiro atoms. The number of nitrogens with zero attached hydrogens (tertiary/aromatic N) is 2. The number of hydrogen-bond donors (Lipinski definition) is 2. The molecule has 0 aromatic heterocycles. The maximum Gasteiger partial charge on any atom is 0.230 e. The minimum atomic E-state index is -0.304. The summed E-state index contributed by atoms with van der Waals surface area (Å²) in [5.74, 6) is 1.77. The second-order valence-electron chi connectivity index (χ2n) is 6.70. The van der Waals surface area contributed by atoms with E-state index in [2.05, 4.69) is 15.6 Å². The molecule has 6 heteroatoms.